The number of anilines is 1. The van der Waals surface area contributed by atoms with E-state index in [1.165, 1.54) is 24.3 Å². The number of aromatic nitrogens is 2. The Morgan fingerprint density at radius 3 is 2.62 bits per heavy atom. The fourth-order valence-corrected chi connectivity index (χ4v) is 2.24. The predicted molar refractivity (Wildman–Crippen MR) is 71.0 cm³/mol. The van der Waals surface area contributed by atoms with E-state index in [9.17, 15) is 22.0 Å². The first-order valence-corrected chi connectivity index (χ1v) is 7.61. The molecule has 0 spiro atoms. The van der Waals surface area contributed by atoms with Crippen LogP contribution in [0.1, 0.15) is 22.6 Å². The van der Waals surface area contributed by atoms with Crippen molar-refractivity contribution < 1.29 is 22.0 Å². The highest BCUT2D eigenvalue weighted by molar-refractivity contribution is 7.90. The number of carbonyl (C=O) groups is 1. The van der Waals surface area contributed by atoms with Crippen molar-refractivity contribution >= 4 is 21.4 Å². The molecule has 9 heteroatoms. The summed E-state index contributed by atoms with van der Waals surface area (Å²) in [5.74, 6) is -0.694. The van der Waals surface area contributed by atoms with Crippen LogP contribution in [0.3, 0.4) is 0 Å². The molecular weight excluding hydrogens is 304 g/mol. The maximum absolute atomic E-state index is 12.4. The zero-order chi connectivity index (χ0) is 15.6. The Labute approximate surface area is 119 Å². The molecule has 0 bridgehead atoms. The van der Waals surface area contributed by atoms with Gasteiger partial charge in [-0.05, 0) is 24.3 Å². The molecule has 0 saturated carbocycles. The van der Waals surface area contributed by atoms with Gasteiger partial charge in [0.25, 0.3) is 12.3 Å². The molecule has 21 heavy (non-hydrogen) atoms. The molecular formula is C12H11F2N3O3S. The Morgan fingerprint density at radius 2 is 2.05 bits per heavy atom. The van der Waals surface area contributed by atoms with E-state index in [0.29, 0.717) is 0 Å². The van der Waals surface area contributed by atoms with Gasteiger partial charge in [0.2, 0.25) is 0 Å². The quantitative estimate of drug-likeness (QED) is 0.902. The van der Waals surface area contributed by atoms with Crippen LogP contribution < -0.4 is 5.32 Å². The minimum Gasteiger partial charge on any atom is -0.321 e. The minimum absolute atomic E-state index is 0.0400. The molecule has 0 aliphatic rings. The molecule has 0 fully saturated rings. The van der Waals surface area contributed by atoms with Gasteiger partial charge in [-0.25, -0.2) is 17.2 Å². The number of alkyl halides is 2. The number of H-pyrrole nitrogens is 1. The van der Waals surface area contributed by atoms with E-state index in [1.807, 2.05) is 0 Å². The molecule has 1 amide bonds. The topological polar surface area (TPSA) is 91.9 Å². The number of carbonyl (C=O) groups excluding carboxylic acids is 1. The summed E-state index contributed by atoms with van der Waals surface area (Å²) in [6.45, 7) is 0. The van der Waals surface area contributed by atoms with Crippen LogP contribution in [0, 0.1) is 0 Å². The van der Waals surface area contributed by atoms with Gasteiger partial charge in [0.05, 0.1) is 4.90 Å². The van der Waals surface area contributed by atoms with Gasteiger partial charge in [-0.1, -0.05) is 6.07 Å². The Balaban J connectivity index is 2.19. The van der Waals surface area contributed by atoms with Crippen molar-refractivity contribution in [1.82, 2.24) is 10.2 Å². The molecule has 0 radical (unpaired) electrons. The van der Waals surface area contributed by atoms with Crippen LogP contribution in [0.4, 0.5) is 14.5 Å². The minimum atomic E-state index is -3.40. The summed E-state index contributed by atoms with van der Waals surface area (Å²) in [6.07, 6.45) is -1.74. The average Bonchev–Trinajstić information content (AvgIpc) is 2.88. The van der Waals surface area contributed by atoms with Crippen LogP contribution >= 0.6 is 0 Å². The summed E-state index contributed by atoms with van der Waals surface area (Å²) in [4.78, 5) is 11.9. The molecule has 0 aliphatic carbocycles. The van der Waals surface area contributed by atoms with Crippen LogP contribution in [0.2, 0.25) is 0 Å². The molecule has 1 aromatic heterocycles. The van der Waals surface area contributed by atoms with Crippen LogP contribution in [-0.2, 0) is 9.84 Å². The lowest BCUT2D eigenvalue weighted by atomic mass is 10.3. The van der Waals surface area contributed by atoms with Crippen LogP contribution in [0.5, 0.6) is 0 Å². The number of hydrogen-bond acceptors (Lipinski definition) is 4. The van der Waals surface area contributed by atoms with Gasteiger partial charge < -0.3 is 5.32 Å². The van der Waals surface area contributed by atoms with Crippen LogP contribution in [-0.4, -0.2) is 30.8 Å². The van der Waals surface area contributed by atoms with Crippen molar-refractivity contribution in [3.05, 3.63) is 41.7 Å². The normalized spacial score (nSPS) is 11.6. The van der Waals surface area contributed by atoms with Crippen LogP contribution in [0.25, 0.3) is 0 Å². The SMILES string of the molecule is CS(=O)(=O)c1cccc(NC(=O)c2cc(C(F)F)n[nH]2)c1. The van der Waals surface area contributed by atoms with Gasteiger partial charge in [0.1, 0.15) is 11.4 Å². The summed E-state index contributed by atoms with van der Waals surface area (Å²) in [5.41, 5.74) is -0.448. The summed E-state index contributed by atoms with van der Waals surface area (Å²) >= 11 is 0. The highest BCUT2D eigenvalue weighted by atomic mass is 32.2. The fraction of sp³-hybridized carbons (Fsp3) is 0.167. The van der Waals surface area contributed by atoms with Gasteiger partial charge in [0, 0.05) is 11.9 Å². The number of benzene rings is 1. The Morgan fingerprint density at radius 1 is 1.33 bits per heavy atom. The van der Waals surface area contributed by atoms with Gasteiger partial charge in [0.15, 0.2) is 9.84 Å². The van der Waals surface area contributed by atoms with E-state index in [2.05, 4.69) is 15.5 Å². The van der Waals surface area contributed by atoms with Gasteiger partial charge in [-0.15, -0.1) is 0 Å². The van der Waals surface area contributed by atoms with Gasteiger partial charge >= 0.3 is 0 Å². The lowest BCUT2D eigenvalue weighted by molar-refractivity contribution is 0.102. The van der Waals surface area contributed by atoms with Crippen molar-refractivity contribution in [1.29, 1.82) is 0 Å². The average molecular weight is 315 g/mol. The molecule has 112 valence electrons. The van der Waals surface area contributed by atoms with Crippen molar-refractivity contribution in [2.75, 3.05) is 11.6 Å². The molecule has 2 rings (SSSR count). The van der Waals surface area contributed by atoms with E-state index >= 15 is 0 Å². The van der Waals surface area contributed by atoms with E-state index in [-0.39, 0.29) is 16.3 Å². The number of rotatable bonds is 4. The fourth-order valence-electron chi connectivity index (χ4n) is 1.57. The molecule has 1 aromatic carbocycles. The molecule has 6 nitrogen and oxygen atoms in total. The number of nitrogens with zero attached hydrogens (tertiary/aromatic N) is 1. The second-order valence-corrected chi connectivity index (χ2v) is 6.28. The molecule has 2 N–H and O–H groups in total. The van der Waals surface area contributed by atoms with Crippen molar-refractivity contribution in [2.45, 2.75) is 11.3 Å². The maximum atomic E-state index is 12.4. The van der Waals surface area contributed by atoms with E-state index < -0.39 is 27.9 Å². The number of aromatic amines is 1. The van der Waals surface area contributed by atoms with E-state index in [1.54, 1.807) is 0 Å². The third-order valence-electron chi connectivity index (χ3n) is 2.59. The summed E-state index contributed by atoms with van der Waals surface area (Å²) in [6, 6.07) is 6.54. The second-order valence-electron chi connectivity index (χ2n) is 4.26. The first-order valence-electron chi connectivity index (χ1n) is 5.72. The molecule has 0 aliphatic heterocycles. The Hall–Kier alpha value is -2.29. The van der Waals surface area contributed by atoms with Crippen molar-refractivity contribution in [2.24, 2.45) is 0 Å². The number of nitrogens with one attached hydrogen (secondary N) is 2. The first-order chi connectivity index (χ1) is 9.77. The number of amides is 1. The standard InChI is InChI=1S/C12H11F2N3O3S/c1-21(19,20)8-4-2-3-7(5-8)15-12(18)10-6-9(11(13)14)16-17-10/h2-6,11H,1H3,(H,15,18)(H,16,17). The number of hydrogen-bond donors (Lipinski definition) is 2. The number of halogens is 2. The molecule has 0 saturated heterocycles. The third-order valence-corrected chi connectivity index (χ3v) is 3.70. The first kappa shape index (κ1) is 15.1. The molecule has 1 heterocycles. The maximum Gasteiger partial charge on any atom is 0.282 e. The summed E-state index contributed by atoms with van der Waals surface area (Å²) in [7, 11) is -3.40. The lowest BCUT2D eigenvalue weighted by Crippen LogP contribution is -2.12. The van der Waals surface area contributed by atoms with Crippen molar-refractivity contribution in [3.8, 4) is 0 Å². The monoisotopic (exact) mass is 315 g/mol. The number of sulfone groups is 1. The highest BCUT2D eigenvalue weighted by Crippen LogP contribution is 2.18. The van der Waals surface area contributed by atoms with Crippen LogP contribution in [0.15, 0.2) is 35.2 Å². The summed E-state index contributed by atoms with van der Waals surface area (Å²) < 4.78 is 47.6. The zero-order valence-electron chi connectivity index (χ0n) is 10.8. The predicted octanol–water partition coefficient (Wildman–Crippen LogP) is 2.00. The van der Waals surface area contributed by atoms with Gasteiger partial charge in [-0.2, -0.15) is 5.10 Å². The molecule has 0 unspecified atom stereocenters. The van der Waals surface area contributed by atoms with Gasteiger partial charge in [-0.3, -0.25) is 9.89 Å². The zero-order valence-corrected chi connectivity index (χ0v) is 11.6. The lowest BCUT2D eigenvalue weighted by Gasteiger charge is -2.05. The van der Waals surface area contributed by atoms with E-state index in [0.717, 1.165) is 12.3 Å². The second kappa shape index (κ2) is 5.60. The Kier molecular flexibility index (Phi) is 4.03. The molecule has 2 aromatic rings. The molecule has 0 atom stereocenters. The third kappa shape index (κ3) is 3.63. The van der Waals surface area contributed by atoms with Crippen molar-refractivity contribution in [3.63, 3.8) is 0 Å². The largest absolute Gasteiger partial charge is 0.321 e. The summed E-state index contributed by atoms with van der Waals surface area (Å²) in [5, 5.41) is 7.90. The highest BCUT2D eigenvalue weighted by Gasteiger charge is 2.16. The Bertz CT molecular complexity index is 772. The smallest absolute Gasteiger partial charge is 0.282 e. The van der Waals surface area contributed by atoms with E-state index in [4.69, 9.17) is 0 Å².